The van der Waals surface area contributed by atoms with Crippen LogP contribution in [0.2, 0.25) is 0 Å². The molecule has 1 aliphatic rings. The summed E-state index contributed by atoms with van der Waals surface area (Å²) >= 11 is 0. The number of nitrogens with zero attached hydrogens (tertiary/aromatic N) is 2. The van der Waals surface area contributed by atoms with Crippen molar-refractivity contribution in [1.82, 2.24) is 9.97 Å². The molecule has 0 unspecified atom stereocenters. The van der Waals surface area contributed by atoms with E-state index in [1.165, 1.54) is 31.5 Å². The number of methoxy groups -OCH3 is 1. The number of H-pyrrole nitrogens is 1. The first-order chi connectivity index (χ1) is 14.8. The van der Waals surface area contributed by atoms with Gasteiger partial charge < -0.3 is 14.5 Å². The average Bonchev–Trinajstić information content (AvgIpc) is 3.16. The van der Waals surface area contributed by atoms with E-state index in [0.717, 1.165) is 36.2 Å². The summed E-state index contributed by atoms with van der Waals surface area (Å²) in [6.07, 6.45) is 6.52. The summed E-state index contributed by atoms with van der Waals surface area (Å²) in [4.78, 5) is 11.3. The third-order valence-electron chi connectivity index (χ3n) is 5.11. The molecule has 0 bridgehead atoms. The molecule has 8 heteroatoms. The summed E-state index contributed by atoms with van der Waals surface area (Å²) in [5, 5.41) is 1.01. The van der Waals surface area contributed by atoms with Gasteiger partial charge in [-0.25, -0.2) is 4.39 Å². The van der Waals surface area contributed by atoms with Gasteiger partial charge in [-0.2, -0.15) is 8.78 Å². The van der Waals surface area contributed by atoms with Crippen LogP contribution in [0.3, 0.4) is 0 Å². The number of alkyl halides is 2. The fourth-order valence-electron chi connectivity index (χ4n) is 3.47. The van der Waals surface area contributed by atoms with Crippen LogP contribution in [0.5, 0.6) is 11.5 Å². The molecule has 0 saturated heterocycles. The zero-order chi connectivity index (χ0) is 22.0. The second kappa shape index (κ2) is 8.45. The van der Waals surface area contributed by atoms with Crippen molar-refractivity contribution < 1.29 is 22.6 Å². The molecule has 0 radical (unpaired) electrons. The van der Waals surface area contributed by atoms with Gasteiger partial charge in [-0.3, -0.25) is 9.98 Å². The highest BCUT2D eigenvalue weighted by Gasteiger charge is 2.25. The third kappa shape index (κ3) is 4.57. The molecule has 0 atom stereocenters. The first kappa shape index (κ1) is 21.0. The molecular formula is C23H22F3N3O2. The van der Waals surface area contributed by atoms with Gasteiger partial charge in [0.1, 0.15) is 23.6 Å². The van der Waals surface area contributed by atoms with Crippen molar-refractivity contribution in [2.45, 2.75) is 32.3 Å². The second-order valence-electron chi connectivity index (χ2n) is 7.45. The highest BCUT2D eigenvalue weighted by atomic mass is 19.3. The van der Waals surface area contributed by atoms with Crippen LogP contribution >= 0.6 is 0 Å². The van der Waals surface area contributed by atoms with E-state index in [-0.39, 0.29) is 18.1 Å². The lowest BCUT2D eigenvalue weighted by atomic mass is 10.0. The van der Waals surface area contributed by atoms with Crippen LogP contribution in [-0.4, -0.2) is 23.6 Å². The highest BCUT2D eigenvalue weighted by molar-refractivity contribution is 5.45. The molecule has 5 nitrogen and oxygen atoms in total. The predicted octanol–water partition coefficient (Wildman–Crippen LogP) is 3.64. The summed E-state index contributed by atoms with van der Waals surface area (Å²) in [6.45, 7) is 1.58. The Morgan fingerprint density at radius 2 is 2.00 bits per heavy atom. The van der Waals surface area contributed by atoms with E-state index in [0.29, 0.717) is 23.3 Å². The monoisotopic (exact) mass is 429 g/mol. The lowest BCUT2D eigenvalue weighted by Gasteiger charge is -2.14. The van der Waals surface area contributed by atoms with Crippen LogP contribution in [0, 0.1) is 5.82 Å². The third-order valence-corrected chi connectivity index (χ3v) is 5.11. The Morgan fingerprint density at radius 1 is 1.16 bits per heavy atom. The lowest BCUT2D eigenvalue weighted by molar-refractivity contribution is 0.0127. The van der Waals surface area contributed by atoms with Crippen LogP contribution in [0.4, 0.5) is 13.2 Å². The Balaban J connectivity index is 1.52. The number of hydrogen-bond acceptors (Lipinski definition) is 4. The number of aromatic nitrogens is 2. The molecule has 0 amide bonds. The molecule has 31 heavy (non-hydrogen) atoms. The van der Waals surface area contributed by atoms with Crippen molar-refractivity contribution in [3.63, 3.8) is 0 Å². The molecule has 0 fully saturated rings. The molecule has 1 aliphatic heterocycles. The SMILES string of the molecule is COc1cc(Cc2c[nH]c3c2=CCCN=3)c(F)cc1OCc1ccc(C(C)(F)F)nc1. The number of aromatic amines is 1. The van der Waals surface area contributed by atoms with Crippen molar-refractivity contribution in [3.8, 4) is 11.5 Å². The van der Waals surface area contributed by atoms with Crippen molar-refractivity contribution in [1.29, 1.82) is 0 Å². The Morgan fingerprint density at radius 3 is 2.71 bits per heavy atom. The van der Waals surface area contributed by atoms with Crippen LogP contribution < -0.4 is 20.2 Å². The molecule has 2 aromatic heterocycles. The fraction of sp³-hybridized carbons (Fsp3) is 0.304. The Bertz CT molecular complexity index is 1200. The Hall–Kier alpha value is -3.29. The van der Waals surface area contributed by atoms with E-state index < -0.39 is 11.7 Å². The van der Waals surface area contributed by atoms with E-state index >= 15 is 0 Å². The second-order valence-corrected chi connectivity index (χ2v) is 7.45. The number of rotatable bonds is 7. The number of fused-ring (bicyclic) bond motifs is 1. The van der Waals surface area contributed by atoms with Gasteiger partial charge in [0, 0.05) is 49.1 Å². The molecule has 3 aromatic rings. The zero-order valence-corrected chi connectivity index (χ0v) is 17.2. The predicted molar refractivity (Wildman–Crippen MR) is 109 cm³/mol. The van der Waals surface area contributed by atoms with E-state index in [4.69, 9.17) is 9.47 Å². The van der Waals surface area contributed by atoms with Crippen molar-refractivity contribution >= 4 is 6.08 Å². The minimum absolute atomic E-state index is 0.0412. The van der Waals surface area contributed by atoms with Crippen LogP contribution in [0.15, 0.2) is 41.7 Å². The smallest absolute Gasteiger partial charge is 0.286 e. The summed E-state index contributed by atoms with van der Waals surface area (Å²) in [5.41, 5.74) is 2.53. The van der Waals surface area contributed by atoms with Crippen LogP contribution in [0.1, 0.15) is 35.7 Å². The van der Waals surface area contributed by atoms with E-state index in [1.807, 2.05) is 6.20 Å². The molecule has 3 heterocycles. The average molecular weight is 429 g/mol. The molecule has 1 aromatic carbocycles. The number of hydrogen-bond donors (Lipinski definition) is 1. The molecule has 0 spiro atoms. The quantitative estimate of drug-likeness (QED) is 0.624. The topological polar surface area (TPSA) is 59.5 Å². The molecule has 0 saturated carbocycles. The highest BCUT2D eigenvalue weighted by Crippen LogP contribution is 2.32. The van der Waals surface area contributed by atoms with Crippen LogP contribution in [0.25, 0.3) is 6.08 Å². The summed E-state index contributed by atoms with van der Waals surface area (Å²) in [7, 11) is 1.48. The zero-order valence-electron chi connectivity index (χ0n) is 17.2. The molecule has 0 aliphatic carbocycles. The van der Waals surface area contributed by atoms with Gasteiger partial charge >= 0.3 is 0 Å². The van der Waals surface area contributed by atoms with Gasteiger partial charge in [-0.05, 0) is 29.7 Å². The Labute approximate surface area is 177 Å². The van der Waals surface area contributed by atoms with Crippen molar-refractivity contribution in [2.24, 2.45) is 4.99 Å². The van der Waals surface area contributed by atoms with Gasteiger partial charge in [-0.15, -0.1) is 0 Å². The maximum atomic E-state index is 14.8. The number of halogens is 3. The van der Waals surface area contributed by atoms with E-state index in [9.17, 15) is 13.2 Å². The van der Waals surface area contributed by atoms with Crippen molar-refractivity contribution in [2.75, 3.05) is 13.7 Å². The maximum absolute atomic E-state index is 14.8. The van der Waals surface area contributed by atoms with E-state index in [2.05, 4.69) is 21.0 Å². The van der Waals surface area contributed by atoms with Gasteiger partial charge in [0.25, 0.3) is 5.92 Å². The molecular weight excluding hydrogens is 407 g/mol. The number of ether oxygens (including phenoxy) is 2. The van der Waals surface area contributed by atoms with Gasteiger partial charge in [0.2, 0.25) is 0 Å². The molecule has 1 N–H and O–H groups in total. The largest absolute Gasteiger partial charge is 0.493 e. The summed E-state index contributed by atoms with van der Waals surface area (Å²) in [5.74, 6) is -2.81. The first-order valence-corrected chi connectivity index (χ1v) is 9.88. The Kier molecular flexibility index (Phi) is 5.71. The lowest BCUT2D eigenvalue weighted by Crippen LogP contribution is -2.28. The summed E-state index contributed by atoms with van der Waals surface area (Å²) < 4.78 is 52.5. The molecule has 162 valence electrons. The normalized spacial score (nSPS) is 13.2. The van der Waals surface area contributed by atoms with Gasteiger partial charge in [0.15, 0.2) is 11.5 Å². The first-order valence-electron chi connectivity index (χ1n) is 9.88. The number of nitrogens with one attached hydrogen (secondary N) is 1. The van der Waals surface area contributed by atoms with Crippen molar-refractivity contribution in [3.05, 3.63) is 75.6 Å². The summed E-state index contributed by atoms with van der Waals surface area (Å²) in [6, 6.07) is 5.65. The van der Waals surface area contributed by atoms with Gasteiger partial charge in [-0.1, -0.05) is 12.1 Å². The maximum Gasteiger partial charge on any atom is 0.286 e. The minimum atomic E-state index is -3.01. The fourth-order valence-corrected chi connectivity index (χ4v) is 3.47. The van der Waals surface area contributed by atoms with Crippen LogP contribution in [-0.2, 0) is 19.0 Å². The van der Waals surface area contributed by atoms with Gasteiger partial charge in [0.05, 0.1) is 7.11 Å². The van der Waals surface area contributed by atoms with E-state index in [1.54, 1.807) is 6.07 Å². The number of pyridine rings is 1. The minimum Gasteiger partial charge on any atom is -0.493 e. The standard InChI is InChI=1S/C23H22F3N3O2/c1-23(25,26)21-6-5-14(11-28-21)13-31-20-10-18(24)15(9-19(20)30-2)8-16-12-29-22-17(16)4-3-7-27-22/h4-6,9-12H,3,7-8,13H2,1-2H3,(H,27,29). The number of benzene rings is 1. The molecule has 4 rings (SSSR count).